The van der Waals surface area contributed by atoms with Crippen LogP contribution in [0.25, 0.3) is 0 Å². The zero-order valence-corrected chi connectivity index (χ0v) is 11.3. The van der Waals surface area contributed by atoms with E-state index < -0.39 is 0 Å². The second-order valence-electron chi connectivity index (χ2n) is 4.51. The first-order valence-corrected chi connectivity index (χ1v) is 6.55. The van der Waals surface area contributed by atoms with Crippen molar-refractivity contribution in [2.24, 2.45) is 11.8 Å². The summed E-state index contributed by atoms with van der Waals surface area (Å²) in [6, 6.07) is 1.87. The molecule has 0 radical (unpaired) electrons. The maximum Gasteiger partial charge on any atom is 0.267 e. The molecule has 88 valence electrons. The first-order chi connectivity index (χ1) is 7.61. The van der Waals surface area contributed by atoms with Crippen molar-refractivity contribution in [2.75, 3.05) is 6.54 Å². The van der Waals surface area contributed by atoms with E-state index in [4.69, 9.17) is 0 Å². The smallest absolute Gasteiger partial charge is 0.267 e. The number of nitrogens with one attached hydrogen (secondary N) is 1. The van der Waals surface area contributed by atoms with Crippen LogP contribution in [0, 0.1) is 11.8 Å². The van der Waals surface area contributed by atoms with Crippen LogP contribution in [0.4, 0.5) is 0 Å². The molecule has 1 aromatic heterocycles. The van der Waals surface area contributed by atoms with Gasteiger partial charge in [0.1, 0.15) is 5.69 Å². The van der Waals surface area contributed by atoms with E-state index >= 15 is 0 Å². The Kier molecular flexibility index (Phi) is 3.38. The third-order valence-electron chi connectivity index (χ3n) is 3.24. The maximum absolute atomic E-state index is 11.9. The van der Waals surface area contributed by atoms with Crippen LogP contribution in [-0.4, -0.2) is 17.0 Å². The van der Waals surface area contributed by atoms with Gasteiger partial charge in [0.05, 0.1) is 0 Å². The lowest BCUT2D eigenvalue weighted by Gasteiger charge is -2.07. The summed E-state index contributed by atoms with van der Waals surface area (Å²) < 4.78 is 2.91. The molecule has 0 saturated heterocycles. The SMILES string of the molecule is CCn1cc(Br)cc1C(=O)NCC1CC1C. The number of aryl methyl sites for hydroxylation is 1. The first kappa shape index (κ1) is 11.7. The van der Waals surface area contributed by atoms with Crippen LogP contribution in [0.15, 0.2) is 16.7 Å². The van der Waals surface area contributed by atoms with E-state index in [9.17, 15) is 4.79 Å². The molecule has 1 aromatic rings. The molecule has 1 saturated carbocycles. The minimum Gasteiger partial charge on any atom is -0.350 e. The van der Waals surface area contributed by atoms with Gasteiger partial charge in [0.25, 0.3) is 5.91 Å². The Hall–Kier alpha value is -0.770. The van der Waals surface area contributed by atoms with Gasteiger partial charge in [0, 0.05) is 23.8 Å². The Bertz CT molecular complexity index is 400. The van der Waals surface area contributed by atoms with Crippen LogP contribution in [0.5, 0.6) is 0 Å². The van der Waals surface area contributed by atoms with Crippen molar-refractivity contribution in [1.82, 2.24) is 9.88 Å². The first-order valence-electron chi connectivity index (χ1n) is 5.75. The Morgan fingerprint density at radius 1 is 1.69 bits per heavy atom. The molecule has 1 aliphatic rings. The molecule has 1 heterocycles. The predicted octanol–water partition coefficient (Wildman–Crippen LogP) is 2.66. The lowest BCUT2D eigenvalue weighted by Crippen LogP contribution is -2.27. The van der Waals surface area contributed by atoms with Gasteiger partial charge in [0.2, 0.25) is 0 Å². The fourth-order valence-electron chi connectivity index (χ4n) is 1.92. The van der Waals surface area contributed by atoms with Crippen LogP contribution in [0.2, 0.25) is 0 Å². The fraction of sp³-hybridized carbons (Fsp3) is 0.583. The molecule has 1 aliphatic carbocycles. The predicted molar refractivity (Wildman–Crippen MR) is 67.4 cm³/mol. The molecule has 4 heteroatoms. The Morgan fingerprint density at radius 3 is 2.94 bits per heavy atom. The van der Waals surface area contributed by atoms with Gasteiger partial charge in [-0.05, 0) is 47.2 Å². The highest BCUT2D eigenvalue weighted by Crippen LogP contribution is 2.36. The largest absolute Gasteiger partial charge is 0.350 e. The number of hydrogen-bond acceptors (Lipinski definition) is 1. The molecule has 1 fully saturated rings. The van der Waals surface area contributed by atoms with Gasteiger partial charge < -0.3 is 9.88 Å². The number of rotatable bonds is 4. The number of aromatic nitrogens is 1. The molecule has 0 spiro atoms. The van der Waals surface area contributed by atoms with Crippen LogP contribution in [-0.2, 0) is 6.54 Å². The molecule has 3 nitrogen and oxygen atoms in total. The van der Waals surface area contributed by atoms with Crippen LogP contribution in [0.3, 0.4) is 0 Å². The number of amides is 1. The summed E-state index contributed by atoms with van der Waals surface area (Å²) in [4.78, 5) is 11.9. The second kappa shape index (κ2) is 4.62. The normalized spacial score (nSPS) is 23.2. The third kappa shape index (κ3) is 2.48. The molecule has 16 heavy (non-hydrogen) atoms. The summed E-state index contributed by atoms with van der Waals surface area (Å²) in [5, 5.41) is 3.00. The minimum absolute atomic E-state index is 0.0339. The monoisotopic (exact) mass is 284 g/mol. The maximum atomic E-state index is 11.9. The van der Waals surface area contributed by atoms with Gasteiger partial charge in [-0.25, -0.2) is 0 Å². The molecule has 2 unspecified atom stereocenters. The van der Waals surface area contributed by atoms with E-state index in [0.717, 1.165) is 29.2 Å². The number of hydrogen-bond donors (Lipinski definition) is 1. The summed E-state index contributed by atoms with van der Waals surface area (Å²) in [6.45, 7) is 5.88. The highest BCUT2D eigenvalue weighted by atomic mass is 79.9. The zero-order chi connectivity index (χ0) is 11.7. The van der Waals surface area contributed by atoms with Gasteiger partial charge in [0.15, 0.2) is 0 Å². The van der Waals surface area contributed by atoms with E-state index in [1.807, 2.05) is 23.8 Å². The van der Waals surface area contributed by atoms with Crippen molar-refractivity contribution in [1.29, 1.82) is 0 Å². The van der Waals surface area contributed by atoms with Gasteiger partial charge in [-0.1, -0.05) is 6.92 Å². The fourth-order valence-corrected chi connectivity index (χ4v) is 2.39. The summed E-state index contributed by atoms with van der Waals surface area (Å²) in [7, 11) is 0. The molecule has 0 aromatic carbocycles. The lowest BCUT2D eigenvalue weighted by molar-refractivity contribution is 0.0942. The Balaban J connectivity index is 1.96. The zero-order valence-electron chi connectivity index (χ0n) is 9.66. The standard InChI is InChI=1S/C12H17BrN2O/c1-3-15-7-10(13)5-11(15)12(16)14-6-9-4-8(9)2/h5,7-9H,3-4,6H2,1-2H3,(H,14,16). The van der Waals surface area contributed by atoms with Gasteiger partial charge >= 0.3 is 0 Å². The summed E-state index contributed by atoms with van der Waals surface area (Å²) in [6.07, 6.45) is 3.19. The number of halogens is 1. The van der Waals surface area contributed by atoms with Gasteiger partial charge in [-0.3, -0.25) is 4.79 Å². The molecule has 0 bridgehead atoms. The molecule has 2 rings (SSSR count). The van der Waals surface area contributed by atoms with E-state index in [-0.39, 0.29) is 5.91 Å². The number of carbonyl (C=O) groups is 1. The third-order valence-corrected chi connectivity index (χ3v) is 3.67. The Morgan fingerprint density at radius 2 is 2.38 bits per heavy atom. The summed E-state index contributed by atoms with van der Waals surface area (Å²) >= 11 is 3.39. The van der Waals surface area contributed by atoms with Gasteiger partial charge in [-0.2, -0.15) is 0 Å². The van der Waals surface area contributed by atoms with Crippen LogP contribution >= 0.6 is 15.9 Å². The number of nitrogens with zero attached hydrogens (tertiary/aromatic N) is 1. The second-order valence-corrected chi connectivity index (χ2v) is 5.43. The van der Waals surface area contributed by atoms with Crippen molar-refractivity contribution in [3.05, 3.63) is 22.4 Å². The minimum atomic E-state index is 0.0339. The quantitative estimate of drug-likeness (QED) is 0.906. The summed E-state index contributed by atoms with van der Waals surface area (Å²) in [5.41, 5.74) is 0.739. The van der Waals surface area contributed by atoms with E-state index in [1.54, 1.807) is 0 Å². The molecule has 2 atom stereocenters. The molecular formula is C12H17BrN2O. The average Bonchev–Trinajstić information content (AvgIpc) is 2.81. The highest BCUT2D eigenvalue weighted by molar-refractivity contribution is 9.10. The van der Waals surface area contributed by atoms with Crippen molar-refractivity contribution in [3.63, 3.8) is 0 Å². The van der Waals surface area contributed by atoms with Crippen molar-refractivity contribution < 1.29 is 4.79 Å². The average molecular weight is 285 g/mol. The summed E-state index contributed by atoms with van der Waals surface area (Å²) in [5.74, 6) is 1.51. The molecular weight excluding hydrogens is 268 g/mol. The van der Waals surface area contributed by atoms with Crippen LogP contribution < -0.4 is 5.32 Å². The topological polar surface area (TPSA) is 34.0 Å². The van der Waals surface area contributed by atoms with Crippen LogP contribution in [0.1, 0.15) is 30.8 Å². The number of carbonyl (C=O) groups excluding carboxylic acids is 1. The lowest BCUT2D eigenvalue weighted by atomic mass is 10.3. The van der Waals surface area contributed by atoms with Gasteiger partial charge in [-0.15, -0.1) is 0 Å². The van der Waals surface area contributed by atoms with Crippen molar-refractivity contribution in [2.45, 2.75) is 26.8 Å². The van der Waals surface area contributed by atoms with E-state index in [0.29, 0.717) is 5.92 Å². The van der Waals surface area contributed by atoms with E-state index in [2.05, 4.69) is 28.2 Å². The molecule has 1 N–H and O–H groups in total. The van der Waals surface area contributed by atoms with E-state index in [1.165, 1.54) is 6.42 Å². The highest BCUT2D eigenvalue weighted by Gasteiger charge is 2.32. The van der Waals surface area contributed by atoms with Crippen molar-refractivity contribution in [3.8, 4) is 0 Å². The van der Waals surface area contributed by atoms with Crippen molar-refractivity contribution >= 4 is 21.8 Å². The Labute approximate surface area is 104 Å². The molecule has 0 aliphatic heterocycles. The molecule has 1 amide bonds.